The van der Waals surface area contributed by atoms with Crippen molar-refractivity contribution in [3.05, 3.63) is 16.2 Å². The van der Waals surface area contributed by atoms with E-state index >= 15 is 0 Å². The second kappa shape index (κ2) is 3.91. The van der Waals surface area contributed by atoms with Crippen molar-refractivity contribution in [1.29, 1.82) is 0 Å². The molecular formula is C12H18N2O3. The average molecular weight is 238 g/mol. The molecule has 1 aliphatic carbocycles. The minimum Gasteiger partial charge on any atom is -0.493 e. The van der Waals surface area contributed by atoms with E-state index in [1.807, 2.05) is 0 Å². The van der Waals surface area contributed by atoms with Crippen LogP contribution in [0.5, 0.6) is 5.88 Å². The lowest BCUT2D eigenvalue weighted by atomic mass is 9.95. The molecule has 0 amide bonds. The van der Waals surface area contributed by atoms with Gasteiger partial charge in [-0.05, 0) is 12.8 Å². The highest BCUT2D eigenvalue weighted by Crippen LogP contribution is 2.33. The Bertz CT molecular complexity index is 483. The van der Waals surface area contributed by atoms with Gasteiger partial charge in [-0.15, -0.1) is 0 Å². The third kappa shape index (κ3) is 1.60. The predicted molar refractivity (Wildman–Crippen MR) is 62.2 cm³/mol. The van der Waals surface area contributed by atoms with Crippen molar-refractivity contribution in [2.24, 2.45) is 0 Å². The molecule has 1 aromatic rings. The summed E-state index contributed by atoms with van der Waals surface area (Å²) in [6.45, 7) is 0.321. The van der Waals surface area contributed by atoms with Crippen LogP contribution in [0.15, 0.2) is 4.79 Å². The molecule has 2 aliphatic rings. The molecule has 1 aliphatic heterocycles. The highest BCUT2D eigenvalue weighted by Gasteiger charge is 2.31. The van der Waals surface area contributed by atoms with Crippen LogP contribution in [0.3, 0.4) is 0 Å². The van der Waals surface area contributed by atoms with Gasteiger partial charge in [-0.1, -0.05) is 19.3 Å². The molecule has 5 heteroatoms. The predicted octanol–water partition coefficient (Wildman–Crippen LogP) is 0.778. The van der Waals surface area contributed by atoms with Crippen molar-refractivity contribution in [2.45, 2.75) is 57.2 Å². The number of aromatic hydroxyl groups is 1. The maximum Gasteiger partial charge on any atom is 0.331 e. The summed E-state index contributed by atoms with van der Waals surface area (Å²) in [5.74, 6) is 0.0819. The molecule has 2 N–H and O–H groups in total. The van der Waals surface area contributed by atoms with Crippen molar-refractivity contribution in [2.75, 3.05) is 0 Å². The summed E-state index contributed by atoms with van der Waals surface area (Å²) >= 11 is 0. The number of aliphatic hydroxyl groups is 1. The Balaban J connectivity index is 2.01. The minimum absolute atomic E-state index is 0.0819. The molecule has 1 atom stereocenters. The fraction of sp³-hybridized carbons (Fsp3) is 0.750. The molecule has 5 nitrogen and oxygen atoms in total. The molecule has 0 saturated heterocycles. The third-order valence-corrected chi connectivity index (χ3v) is 4.01. The van der Waals surface area contributed by atoms with Gasteiger partial charge in [0.25, 0.3) is 0 Å². The number of aromatic nitrogens is 2. The number of hydrogen-bond donors (Lipinski definition) is 2. The first kappa shape index (κ1) is 10.9. The van der Waals surface area contributed by atoms with Crippen LogP contribution in [0.4, 0.5) is 0 Å². The Labute approximate surface area is 99.3 Å². The molecule has 0 unspecified atom stereocenters. The summed E-state index contributed by atoms with van der Waals surface area (Å²) in [6.07, 6.45) is 5.28. The molecular weight excluding hydrogens is 220 g/mol. The zero-order chi connectivity index (χ0) is 12.0. The van der Waals surface area contributed by atoms with Gasteiger partial charge in [-0.25, -0.2) is 4.79 Å². The van der Waals surface area contributed by atoms with E-state index in [0.717, 1.165) is 25.7 Å². The van der Waals surface area contributed by atoms with Crippen LogP contribution in [-0.2, 0) is 13.0 Å². The first-order valence-electron chi connectivity index (χ1n) is 6.39. The second-order valence-corrected chi connectivity index (χ2v) is 5.18. The van der Waals surface area contributed by atoms with Crippen molar-refractivity contribution in [1.82, 2.24) is 9.13 Å². The van der Waals surface area contributed by atoms with Crippen LogP contribution in [-0.4, -0.2) is 25.5 Å². The molecule has 1 aromatic heterocycles. The van der Waals surface area contributed by atoms with Crippen LogP contribution >= 0.6 is 0 Å². The molecule has 0 spiro atoms. The summed E-state index contributed by atoms with van der Waals surface area (Å²) in [4.78, 5) is 12.2. The van der Waals surface area contributed by atoms with E-state index in [1.165, 1.54) is 11.0 Å². The van der Waals surface area contributed by atoms with Gasteiger partial charge in [0, 0.05) is 12.5 Å². The van der Waals surface area contributed by atoms with Gasteiger partial charge in [0.05, 0.1) is 18.3 Å². The summed E-state index contributed by atoms with van der Waals surface area (Å²) in [7, 11) is 0. The van der Waals surface area contributed by atoms with E-state index in [1.54, 1.807) is 4.57 Å². The van der Waals surface area contributed by atoms with E-state index in [2.05, 4.69) is 0 Å². The minimum atomic E-state index is -0.524. The van der Waals surface area contributed by atoms with Crippen molar-refractivity contribution < 1.29 is 10.2 Å². The van der Waals surface area contributed by atoms with Gasteiger partial charge in [-0.3, -0.25) is 9.13 Å². The monoisotopic (exact) mass is 238 g/mol. The molecule has 0 radical (unpaired) electrons. The number of imidazole rings is 1. The standard InChI is InChI=1S/C12H18N2O3/c15-9-6-10-11(16)14(12(17)13(10)7-9)8-4-2-1-3-5-8/h8-9,15-16H,1-7H2/t9-/m1/s1. The lowest BCUT2D eigenvalue weighted by Gasteiger charge is -2.22. The van der Waals surface area contributed by atoms with E-state index in [4.69, 9.17) is 0 Å². The van der Waals surface area contributed by atoms with Gasteiger partial charge >= 0.3 is 5.69 Å². The number of rotatable bonds is 1. The van der Waals surface area contributed by atoms with Crippen LogP contribution < -0.4 is 5.69 Å². The summed E-state index contributed by atoms with van der Waals surface area (Å²) < 4.78 is 3.06. The van der Waals surface area contributed by atoms with E-state index in [9.17, 15) is 15.0 Å². The molecule has 1 fully saturated rings. The van der Waals surface area contributed by atoms with Crippen LogP contribution in [0.25, 0.3) is 0 Å². The van der Waals surface area contributed by atoms with E-state index < -0.39 is 6.10 Å². The highest BCUT2D eigenvalue weighted by atomic mass is 16.3. The quantitative estimate of drug-likeness (QED) is 0.759. The summed E-state index contributed by atoms with van der Waals surface area (Å²) in [5.41, 5.74) is 0.453. The second-order valence-electron chi connectivity index (χ2n) is 5.18. The van der Waals surface area contributed by atoms with E-state index in [-0.39, 0.29) is 17.6 Å². The number of aliphatic hydroxyl groups excluding tert-OH is 1. The maximum absolute atomic E-state index is 12.2. The maximum atomic E-state index is 12.2. The largest absolute Gasteiger partial charge is 0.493 e. The summed E-state index contributed by atoms with van der Waals surface area (Å²) in [6, 6.07) is 0.145. The Morgan fingerprint density at radius 2 is 1.88 bits per heavy atom. The fourth-order valence-corrected chi connectivity index (χ4v) is 3.15. The Morgan fingerprint density at radius 1 is 1.18 bits per heavy atom. The van der Waals surface area contributed by atoms with Crippen molar-refractivity contribution >= 4 is 0 Å². The fourth-order valence-electron chi connectivity index (χ4n) is 3.15. The van der Waals surface area contributed by atoms with Crippen LogP contribution in [0, 0.1) is 0 Å². The first-order chi connectivity index (χ1) is 8.18. The zero-order valence-corrected chi connectivity index (χ0v) is 9.80. The first-order valence-corrected chi connectivity index (χ1v) is 6.39. The number of fused-ring (bicyclic) bond motifs is 1. The van der Waals surface area contributed by atoms with Crippen LogP contribution in [0.1, 0.15) is 43.8 Å². The molecule has 3 rings (SSSR count). The third-order valence-electron chi connectivity index (χ3n) is 4.01. The average Bonchev–Trinajstić information content (AvgIpc) is 2.81. The lowest BCUT2D eigenvalue weighted by Crippen LogP contribution is -2.29. The number of hydrogen-bond acceptors (Lipinski definition) is 3. The van der Waals surface area contributed by atoms with E-state index in [0.29, 0.717) is 18.7 Å². The van der Waals surface area contributed by atoms with Crippen molar-refractivity contribution in [3.63, 3.8) is 0 Å². The van der Waals surface area contributed by atoms with Crippen LogP contribution in [0.2, 0.25) is 0 Å². The smallest absolute Gasteiger partial charge is 0.331 e. The molecule has 0 aromatic carbocycles. The zero-order valence-electron chi connectivity index (χ0n) is 9.80. The SMILES string of the molecule is O=c1n2c(c(O)n1C1CCCCC1)C[C@@H](O)C2. The normalized spacial score (nSPS) is 25.1. The highest BCUT2D eigenvalue weighted by molar-refractivity contribution is 5.25. The molecule has 1 saturated carbocycles. The van der Waals surface area contributed by atoms with Gasteiger partial charge in [0.2, 0.25) is 5.88 Å². The molecule has 17 heavy (non-hydrogen) atoms. The Morgan fingerprint density at radius 3 is 2.53 bits per heavy atom. The lowest BCUT2D eigenvalue weighted by molar-refractivity contribution is 0.172. The van der Waals surface area contributed by atoms with Gasteiger partial charge in [-0.2, -0.15) is 0 Å². The summed E-state index contributed by atoms with van der Waals surface area (Å²) in [5, 5.41) is 19.6. The molecule has 94 valence electrons. The molecule has 2 heterocycles. The van der Waals surface area contributed by atoms with Gasteiger partial charge in [0.1, 0.15) is 0 Å². The van der Waals surface area contributed by atoms with Gasteiger partial charge in [0.15, 0.2) is 0 Å². The topological polar surface area (TPSA) is 67.4 Å². The molecule has 0 bridgehead atoms. The van der Waals surface area contributed by atoms with Crippen molar-refractivity contribution in [3.8, 4) is 5.88 Å². The Kier molecular flexibility index (Phi) is 2.50. The van der Waals surface area contributed by atoms with Gasteiger partial charge < -0.3 is 10.2 Å². The Hall–Kier alpha value is -1.23. The number of nitrogens with zero attached hydrogens (tertiary/aromatic N) is 2.